The molecule has 3 aromatic rings. The van der Waals surface area contributed by atoms with Crippen molar-refractivity contribution >= 4 is 28.5 Å². The maximum absolute atomic E-state index is 13.3. The number of methoxy groups -OCH3 is 1. The zero-order valence-corrected chi connectivity index (χ0v) is 21.0. The molecule has 0 aromatic heterocycles. The second-order valence-corrected chi connectivity index (χ2v) is 9.46. The maximum atomic E-state index is 13.3. The van der Waals surface area contributed by atoms with Crippen LogP contribution in [0.3, 0.4) is 0 Å². The number of carbonyl (C=O) groups is 2. The average Bonchev–Trinajstić information content (AvgIpc) is 3.23. The van der Waals surface area contributed by atoms with Gasteiger partial charge >= 0.3 is 0 Å². The molecule has 0 radical (unpaired) electrons. The van der Waals surface area contributed by atoms with Crippen LogP contribution >= 0.6 is 11.8 Å². The van der Waals surface area contributed by atoms with Gasteiger partial charge in [0.05, 0.1) is 25.0 Å². The third kappa shape index (κ3) is 5.79. The Bertz CT molecular complexity index is 1230. The number of ether oxygens (including phenoxy) is 2. The van der Waals surface area contributed by atoms with Crippen LogP contribution in [0, 0.1) is 5.82 Å². The van der Waals surface area contributed by atoms with Gasteiger partial charge in [0.15, 0.2) is 5.78 Å². The predicted molar refractivity (Wildman–Crippen MR) is 142 cm³/mol. The van der Waals surface area contributed by atoms with Crippen LogP contribution in [0.15, 0.2) is 84.9 Å². The van der Waals surface area contributed by atoms with E-state index >= 15 is 0 Å². The van der Waals surface area contributed by atoms with Crippen LogP contribution in [0.2, 0.25) is 0 Å². The molecule has 5 nitrogen and oxygen atoms in total. The summed E-state index contributed by atoms with van der Waals surface area (Å²) in [4.78, 5) is 27.8. The zero-order chi connectivity index (χ0) is 25.5. The number of para-hydroxylation sites is 1. The third-order valence-electron chi connectivity index (χ3n) is 5.92. The fraction of sp³-hybridized carbons (Fsp3) is 0.241. The van der Waals surface area contributed by atoms with Crippen molar-refractivity contribution in [3.8, 4) is 11.5 Å². The summed E-state index contributed by atoms with van der Waals surface area (Å²) < 4.78 is 24.9. The van der Waals surface area contributed by atoms with Crippen molar-refractivity contribution in [2.45, 2.75) is 31.1 Å². The van der Waals surface area contributed by atoms with Gasteiger partial charge in [-0.15, -0.1) is 0 Å². The number of nitrogens with zero attached hydrogens (tertiary/aromatic N) is 1. The van der Waals surface area contributed by atoms with Gasteiger partial charge in [-0.05, 0) is 61.0 Å². The van der Waals surface area contributed by atoms with E-state index in [-0.39, 0.29) is 16.3 Å². The lowest BCUT2D eigenvalue weighted by Gasteiger charge is -2.28. The van der Waals surface area contributed by atoms with E-state index in [1.165, 1.54) is 30.3 Å². The highest BCUT2D eigenvalue weighted by atomic mass is 32.2. The summed E-state index contributed by atoms with van der Waals surface area (Å²) in [6.07, 6.45) is 5.10. The summed E-state index contributed by atoms with van der Waals surface area (Å²) in [5.74, 6) is 0.648. The van der Waals surface area contributed by atoms with Crippen molar-refractivity contribution < 1.29 is 23.5 Å². The lowest BCUT2D eigenvalue weighted by molar-refractivity contribution is 0.104. The van der Waals surface area contributed by atoms with Crippen LogP contribution in [0.25, 0.3) is 0 Å². The van der Waals surface area contributed by atoms with Gasteiger partial charge in [-0.3, -0.25) is 14.5 Å². The fourth-order valence-electron chi connectivity index (χ4n) is 4.04. The molecule has 0 spiro atoms. The van der Waals surface area contributed by atoms with E-state index in [0.29, 0.717) is 23.7 Å². The van der Waals surface area contributed by atoms with Crippen molar-refractivity contribution in [3.05, 3.63) is 102 Å². The predicted octanol–water partition coefficient (Wildman–Crippen LogP) is 7.24. The molecular formula is C29H28FNO4S. The van der Waals surface area contributed by atoms with Gasteiger partial charge in [-0.25, -0.2) is 4.39 Å². The van der Waals surface area contributed by atoms with E-state index in [2.05, 4.69) is 6.92 Å². The minimum atomic E-state index is -0.412. The van der Waals surface area contributed by atoms with Crippen LogP contribution in [0.4, 0.5) is 14.9 Å². The Morgan fingerprint density at radius 2 is 1.83 bits per heavy atom. The highest BCUT2D eigenvalue weighted by Crippen LogP contribution is 2.48. The number of hydrogen-bond acceptors (Lipinski definition) is 5. The number of halogens is 1. The topological polar surface area (TPSA) is 55.8 Å². The van der Waals surface area contributed by atoms with Gasteiger partial charge in [-0.1, -0.05) is 49.4 Å². The van der Waals surface area contributed by atoms with E-state index < -0.39 is 11.9 Å². The number of thioether (sulfide) groups is 1. The van der Waals surface area contributed by atoms with Crippen molar-refractivity contribution in [2.75, 3.05) is 18.6 Å². The monoisotopic (exact) mass is 505 g/mol. The number of anilines is 1. The molecule has 3 aromatic carbocycles. The molecule has 7 heteroatoms. The Morgan fingerprint density at radius 3 is 2.53 bits per heavy atom. The molecule has 0 saturated carbocycles. The molecule has 4 rings (SSSR count). The van der Waals surface area contributed by atoms with E-state index in [9.17, 15) is 14.0 Å². The van der Waals surface area contributed by atoms with Crippen LogP contribution in [0.1, 0.15) is 41.7 Å². The summed E-state index contributed by atoms with van der Waals surface area (Å²) in [6, 6.07) is 20.1. The number of unbranched alkanes of at least 4 members (excludes halogenated alkanes) is 1. The molecule has 0 aliphatic carbocycles. The first-order valence-corrected chi connectivity index (χ1v) is 12.7. The number of allylic oxidation sites excluding steroid dienone is 1. The van der Waals surface area contributed by atoms with Gasteiger partial charge in [0.25, 0.3) is 5.24 Å². The minimum Gasteiger partial charge on any atom is -0.497 e. The molecule has 186 valence electrons. The van der Waals surface area contributed by atoms with E-state index in [1.54, 1.807) is 18.1 Å². The molecule has 0 bridgehead atoms. The highest BCUT2D eigenvalue weighted by molar-refractivity contribution is 8.15. The zero-order valence-electron chi connectivity index (χ0n) is 20.2. The summed E-state index contributed by atoms with van der Waals surface area (Å²) >= 11 is 1.16. The molecule has 2 atom stereocenters. The van der Waals surface area contributed by atoms with Crippen LogP contribution in [-0.2, 0) is 0 Å². The molecule has 1 heterocycles. The van der Waals surface area contributed by atoms with Crippen molar-refractivity contribution in [1.82, 2.24) is 0 Å². The van der Waals surface area contributed by atoms with Crippen molar-refractivity contribution in [1.29, 1.82) is 0 Å². The minimum absolute atomic E-state index is 0.120. The van der Waals surface area contributed by atoms with Gasteiger partial charge in [0.1, 0.15) is 17.3 Å². The van der Waals surface area contributed by atoms with Gasteiger partial charge < -0.3 is 9.47 Å². The van der Waals surface area contributed by atoms with Gasteiger partial charge in [-0.2, -0.15) is 0 Å². The Labute approximate surface area is 214 Å². The summed E-state index contributed by atoms with van der Waals surface area (Å²) in [5, 5.41) is -0.477. The molecular weight excluding hydrogens is 477 g/mol. The Balaban J connectivity index is 1.73. The molecule has 36 heavy (non-hydrogen) atoms. The van der Waals surface area contributed by atoms with Crippen LogP contribution < -0.4 is 14.4 Å². The van der Waals surface area contributed by atoms with E-state index in [0.717, 1.165) is 35.9 Å². The second kappa shape index (κ2) is 11.9. The quantitative estimate of drug-likeness (QED) is 0.165. The standard InChI is InChI=1S/C29H28FNO4S/c1-3-4-18-35-26-19-23(34-2)14-15-24(26)28-27(17-16-25(32)20-10-12-21(30)13-11-20)36-29(33)31(28)22-8-6-5-7-9-22/h5-17,19,27-28H,3-4,18H2,1-2H3/b17-16+/t27-,28-/m1/s1. The number of rotatable bonds is 10. The first kappa shape index (κ1) is 25.5. The first-order valence-electron chi connectivity index (χ1n) is 11.9. The molecule has 0 unspecified atom stereocenters. The average molecular weight is 506 g/mol. The summed E-state index contributed by atoms with van der Waals surface area (Å²) in [6.45, 7) is 2.64. The fourth-order valence-corrected chi connectivity index (χ4v) is 5.16. The molecule has 1 aliphatic heterocycles. The van der Waals surface area contributed by atoms with E-state index in [1.807, 2.05) is 48.5 Å². The molecule has 1 amide bonds. The summed E-state index contributed by atoms with van der Waals surface area (Å²) in [5.41, 5.74) is 1.97. The Hall–Kier alpha value is -3.58. The van der Waals surface area contributed by atoms with Gasteiger partial charge in [0.2, 0.25) is 0 Å². The number of carbonyl (C=O) groups excluding carboxylic acids is 2. The second-order valence-electron chi connectivity index (χ2n) is 8.33. The molecule has 1 fully saturated rings. The lowest BCUT2D eigenvalue weighted by atomic mass is 9.98. The number of ketones is 1. The Morgan fingerprint density at radius 1 is 1.08 bits per heavy atom. The van der Waals surface area contributed by atoms with Crippen molar-refractivity contribution in [3.63, 3.8) is 0 Å². The van der Waals surface area contributed by atoms with Crippen LogP contribution in [0.5, 0.6) is 11.5 Å². The lowest BCUT2D eigenvalue weighted by Crippen LogP contribution is -2.29. The molecule has 1 aliphatic rings. The summed E-state index contributed by atoms with van der Waals surface area (Å²) in [7, 11) is 1.60. The van der Waals surface area contributed by atoms with Crippen molar-refractivity contribution in [2.24, 2.45) is 0 Å². The number of hydrogen-bond donors (Lipinski definition) is 0. The first-order chi connectivity index (χ1) is 17.5. The number of benzene rings is 3. The highest BCUT2D eigenvalue weighted by Gasteiger charge is 2.42. The molecule has 0 N–H and O–H groups in total. The third-order valence-corrected chi connectivity index (χ3v) is 7.00. The maximum Gasteiger partial charge on any atom is 0.287 e. The SMILES string of the molecule is CCCCOc1cc(OC)ccc1[C@@H]1[C@@H](/C=C/C(=O)c2ccc(F)cc2)SC(=O)N1c1ccccc1. The normalized spacial score (nSPS) is 17.5. The van der Waals surface area contributed by atoms with Crippen LogP contribution in [-0.4, -0.2) is 30.0 Å². The Kier molecular flexibility index (Phi) is 8.44. The van der Waals surface area contributed by atoms with Gasteiger partial charge in [0, 0.05) is 22.9 Å². The molecule has 1 saturated heterocycles. The number of amides is 1. The smallest absolute Gasteiger partial charge is 0.287 e. The largest absolute Gasteiger partial charge is 0.497 e. The van der Waals surface area contributed by atoms with E-state index in [4.69, 9.17) is 9.47 Å².